The van der Waals surface area contributed by atoms with Crippen LogP contribution < -0.4 is 20.1 Å². The van der Waals surface area contributed by atoms with Crippen LogP contribution in [0.2, 0.25) is 0 Å². The minimum atomic E-state index is -4.29. The van der Waals surface area contributed by atoms with Crippen molar-refractivity contribution in [1.82, 2.24) is 15.5 Å². The molecule has 1 aliphatic rings. The molecule has 2 aromatic carbocycles. The summed E-state index contributed by atoms with van der Waals surface area (Å²) in [5.41, 5.74) is 5.25. The molecule has 0 spiro atoms. The first-order valence-corrected chi connectivity index (χ1v) is 13.6. The number of allylic oxidation sites excluding steroid dienone is 3. The molecule has 42 heavy (non-hydrogen) atoms. The van der Waals surface area contributed by atoms with E-state index in [1.807, 2.05) is 56.9 Å². The Morgan fingerprint density at radius 3 is 2.36 bits per heavy atom. The van der Waals surface area contributed by atoms with Gasteiger partial charge in [0.25, 0.3) is 0 Å². The molecular formula is C32H39F4N3O3. The van der Waals surface area contributed by atoms with Crippen molar-refractivity contribution in [2.75, 3.05) is 20.7 Å². The lowest BCUT2D eigenvalue weighted by molar-refractivity contribution is -0.133. The number of unbranched alkanes of at least 4 members (excludes halogenated alkanes) is 1. The summed E-state index contributed by atoms with van der Waals surface area (Å²) in [6, 6.07) is 10.4. The first-order valence-electron chi connectivity index (χ1n) is 13.6. The number of nitrogens with zero attached hydrogens (tertiary/aromatic N) is 1. The van der Waals surface area contributed by atoms with Crippen LogP contribution in [0.1, 0.15) is 49.8 Å². The summed E-state index contributed by atoms with van der Waals surface area (Å²) in [6.45, 7) is 7.71. The zero-order valence-corrected chi connectivity index (χ0v) is 24.9. The molecule has 3 rings (SSSR count). The molecule has 2 N–H and O–H groups in total. The van der Waals surface area contributed by atoms with Crippen LogP contribution in [0.25, 0.3) is 5.70 Å². The van der Waals surface area contributed by atoms with Gasteiger partial charge in [0.15, 0.2) is 11.6 Å². The number of rotatable bonds is 11. The summed E-state index contributed by atoms with van der Waals surface area (Å²) in [5.74, 6) is 0.0615. The Balaban J connectivity index is 0.00000144. The lowest BCUT2D eigenvalue weighted by atomic mass is 10.0. The molecule has 2 aromatic rings. The summed E-state index contributed by atoms with van der Waals surface area (Å²) in [7, 11) is 2.94. The van der Waals surface area contributed by atoms with Crippen molar-refractivity contribution in [3.05, 3.63) is 100 Å². The molecule has 228 valence electrons. The third-order valence-corrected chi connectivity index (χ3v) is 6.24. The topological polar surface area (TPSA) is 62.8 Å². The number of nitrogens with one attached hydrogen (secondary N) is 2. The van der Waals surface area contributed by atoms with Gasteiger partial charge in [0, 0.05) is 31.4 Å². The average molecular weight is 590 g/mol. The fourth-order valence-electron chi connectivity index (χ4n) is 4.00. The second kappa shape index (κ2) is 16.3. The molecule has 0 bridgehead atoms. The molecule has 1 amide bonds. The van der Waals surface area contributed by atoms with Gasteiger partial charge in [-0.1, -0.05) is 37.6 Å². The normalized spacial score (nSPS) is 14.4. The second-order valence-electron chi connectivity index (χ2n) is 9.41. The number of benzene rings is 2. The Morgan fingerprint density at radius 1 is 1.10 bits per heavy atom. The van der Waals surface area contributed by atoms with Gasteiger partial charge in [-0.3, -0.25) is 4.79 Å². The molecule has 1 heterocycles. The zero-order chi connectivity index (χ0) is 31.3. The van der Waals surface area contributed by atoms with Gasteiger partial charge in [0.1, 0.15) is 11.5 Å². The summed E-state index contributed by atoms with van der Waals surface area (Å²) >= 11 is 0. The smallest absolute Gasteiger partial charge is 0.390 e. The number of hydrogen-bond acceptors (Lipinski definition) is 5. The fraction of sp³-hybridized carbons (Fsp3) is 0.344. The number of hydrogen-bond donors (Lipinski definition) is 2. The molecular weight excluding hydrogens is 550 g/mol. The zero-order valence-electron chi connectivity index (χ0n) is 24.9. The van der Waals surface area contributed by atoms with E-state index in [2.05, 4.69) is 16.7 Å². The number of amides is 1. The predicted molar refractivity (Wildman–Crippen MR) is 158 cm³/mol. The first-order chi connectivity index (χ1) is 20.0. The molecule has 0 radical (unpaired) electrons. The van der Waals surface area contributed by atoms with Crippen molar-refractivity contribution in [2.45, 2.75) is 53.1 Å². The van der Waals surface area contributed by atoms with E-state index in [1.54, 1.807) is 25.4 Å². The summed E-state index contributed by atoms with van der Waals surface area (Å²) in [4.78, 5) is 11.0. The average Bonchev–Trinajstić information content (AvgIpc) is 2.94. The molecule has 0 fully saturated rings. The minimum absolute atomic E-state index is 0.0809. The summed E-state index contributed by atoms with van der Waals surface area (Å²) in [5, 5.41) is 5.20. The number of ether oxygens (including phenoxy) is 2. The standard InChI is InChI=1S/C30H34F4N2O2.C2H5NO/c1-6-8-9-28-26(35-15-14-30(32,33)34)18-24(38-23-12-13-29(37-5)25(31)17-23)19-36(28)27(7-2)22-11-10-20(3)21(4)16-22;1-3-2-4/h7,9-13,16-19,35H,6,8,14-15H2,1-5H3;2H,1H3,(H,3,4)/b27-7-,28-9+;. The lowest BCUT2D eigenvalue weighted by Crippen LogP contribution is -2.30. The Bertz CT molecular complexity index is 1330. The van der Waals surface area contributed by atoms with Crippen LogP contribution in [-0.2, 0) is 4.79 Å². The van der Waals surface area contributed by atoms with Gasteiger partial charge in [-0.2, -0.15) is 13.2 Å². The highest BCUT2D eigenvalue weighted by molar-refractivity contribution is 5.69. The molecule has 0 aliphatic carbocycles. The predicted octanol–water partition coefficient (Wildman–Crippen LogP) is 7.52. The van der Waals surface area contributed by atoms with E-state index in [0.29, 0.717) is 23.6 Å². The second-order valence-corrected chi connectivity index (χ2v) is 9.41. The van der Waals surface area contributed by atoms with E-state index in [1.165, 1.54) is 19.2 Å². The van der Waals surface area contributed by atoms with E-state index in [0.717, 1.165) is 35.2 Å². The van der Waals surface area contributed by atoms with Gasteiger partial charge in [0.05, 0.1) is 31.1 Å². The van der Waals surface area contributed by atoms with Crippen molar-refractivity contribution < 1.29 is 31.8 Å². The largest absolute Gasteiger partial charge is 0.494 e. The third-order valence-electron chi connectivity index (χ3n) is 6.24. The number of aryl methyl sites for hydroxylation is 2. The van der Waals surface area contributed by atoms with Crippen LogP contribution in [-0.4, -0.2) is 38.2 Å². The van der Waals surface area contributed by atoms with Crippen LogP contribution in [0.5, 0.6) is 11.5 Å². The first kappa shape index (κ1) is 34.0. The van der Waals surface area contributed by atoms with Crippen LogP contribution in [0.4, 0.5) is 17.6 Å². The Kier molecular flexibility index (Phi) is 13.2. The van der Waals surface area contributed by atoms with E-state index in [-0.39, 0.29) is 18.0 Å². The fourth-order valence-corrected chi connectivity index (χ4v) is 4.00. The van der Waals surface area contributed by atoms with Crippen molar-refractivity contribution in [3.63, 3.8) is 0 Å². The maximum absolute atomic E-state index is 14.3. The third kappa shape index (κ3) is 10.0. The Morgan fingerprint density at radius 2 is 1.81 bits per heavy atom. The van der Waals surface area contributed by atoms with Crippen LogP contribution in [0, 0.1) is 19.7 Å². The maximum atomic E-state index is 14.3. The van der Waals surface area contributed by atoms with E-state index in [9.17, 15) is 17.6 Å². The van der Waals surface area contributed by atoms with Crippen molar-refractivity contribution in [1.29, 1.82) is 0 Å². The number of carbonyl (C=O) groups is 1. The number of alkyl halides is 3. The SMILES string of the molecule is C/C=C(/c1ccc(C)c(C)c1)N1C=C(Oc2ccc(OC)c(F)c2)C=C(NCCC(F)(F)F)/C1=C\CCC.CNC=O. The molecule has 0 saturated heterocycles. The molecule has 6 nitrogen and oxygen atoms in total. The van der Waals surface area contributed by atoms with Crippen molar-refractivity contribution in [3.8, 4) is 11.5 Å². The summed E-state index contributed by atoms with van der Waals surface area (Å²) < 4.78 is 64.2. The van der Waals surface area contributed by atoms with E-state index < -0.39 is 18.4 Å². The summed E-state index contributed by atoms with van der Waals surface area (Å²) in [6.07, 6.45) is 4.29. The van der Waals surface area contributed by atoms with Crippen molar-refractivity contribution in [2.24, 2.45) is 0 Å². The quantitative estimate of drug-likeness (QED) is 0.210. The van der Waals surface area contributed by atoms with Crippen LogP contribution >= 0.6 is 0 Å². The van der Waals surface area contributed by atoms with Crippen molar-refractivity contribution >= 4 is 12.1 Å². The number of methoxy groups -OCH3 is 1. The van der Waals surface area contributed by atoms with Gasteiger partial charge in [0.2, 0.25) is 6.41 Å². The molecule has 0 saturated carbocycles. The molecule has 0 aromatic heterocycles. The van der Waals surface area contributed by atoms with E-state index >= 15 is 0 Å². The maximum Gasteiger partial charge on any atom is 0.390 e. The molecule has 10 heteroatoms. The van der Waals surface area contributed by atoms with Crippen LogP contribution in [0.3, 0.4) is 0 Å². The van der Waals surface area contributed by atoms with Gasteiger partial charge in [-0.25, -0.2) is 4.39 Å². The molecule has 0 atom stereocenters. The number of carbonyl (C=O) groups excluding carboxylic acids is 1. The Hall–Kier alpha value is -4.21. The molecule has 1 aliphatic heterocycles. The van der Waals surface area contributed by atoms with E-state index in [4.69, 9.17) is 14.3 Å². The molecule has 0 unspecified atom stereocenters. The van der Waals surface area contributed by atoms with Gasteiger partial charge < -0.3 is 25.0 Å². The monoisotopic (exact) mass is 589 g/mol. The Labute approximate surface area is 245 Å². The van der Waals surface area contributed by atoms with Gasteiger partial charge in [-0.15, -0.1) is 0 Å². The highest BCUT2D eigenvalue weighted by Gasteiger charge is 2.28. The lowest BCUT2D eigenvalue weighted by Gasteiger charge is -2.33. The van der Waals surface area contributed by atoms with Gasteiger partial charge in [-0.05, 0) is 62.1 Å². The number of halogens is 4. The highest BCUT2D eigenvalue weighted by Crippen LogP contribution is 2.34. The van der Waals surface area contributed by atoms with Gasteiger partial charge >= 0.3 is 6.18 Å². The van der Waals surface area contributed by atoms with Crippen LogP contribution in [0.15, 0.2) is 78.0 Å². The highest BCUT2D eigenvalue weighted by atomic mass is 19.4. The minimum Gasteiger partial charge on any atom is -0.494 e.